The number of hydrogen-bond acceptors (Lipinski definition) is 7. The van der Waals surface area contributed by atoms with E-state index in [0.717, 1.165) is 5.39 Å². The van der Waals surface area contributed by atoms with Crippen molar-refractivity contribution in [3.05, 3.63) is 116 Å². The van der Waals surface area contributed by atoms with Crippen molar-refractivity contribution in [1.29, 1.82) is 0 Å². The van der Waals surface area contributed by atoms with E-state index in [1.807, 2.05) is 36.4 Å². The predicted molar refractivity (Wildman–Crippen MR) is 170 cm³/mol. The molecule has 0 spiro atoms. The molecule has 0 aliphatic rings. The molecule has 0 aliphatic carbocycles. The van der Waals surface area contributed by atoms with Crippen molar-refractivity contribution in [2.45, 2.75) is 0 Å². The fourth-order valence-corrected chi connectivity index (χ4v) is 4.95. The summed E-state index contributed by atoms with van der Waals surface area (Å²) in [7, 11) is 1.49. The number of nitrogens with one attached hydrogen (secondary N) is 1. The van der Waals surface area contributed by atoms with E-state index in [1.165, 1.54) is 18.0 Å². The molecule has 0 saturated carbocycles. The number of carbonyl (C=O) groups excluding carboxylic acids is 1. The van der Waals surface area contributed by atoms with Crippen LogP contribution in [0.25, 0.3) is 33.5 Å². The standard InChI is InChI=1S/C32H22BrClN4O5/c1-41-27-15-20(24(33)16-28(27)42-18-30(39)36-22-12-10-21(34)11-13-22)17-35-38-31(29-14-19-6-2-5-9-26(19)43-29)37-25-8-4-3-7-23(25)32(38)40/h2-17H,18H2,1H3,(H,36,39). The van der Waals surface area contributed by atoms with Crippen LogP contribution in [0.3, 0.4) is 0 Å². The van der Waals surface area contributed by atoms with Gasteiger partial charge in [-0.05, 0) is 76.6 Å². The van der Waals surface area contributed by atoms with Gasteiger partial charge in [-0.1, -0.05) is 41.9 Å². The first kappa shape index (κ1) is 28.2. The molecule has 2 heterocycles. The second-order valence-corrected chi connectivity index (χ2v) is 10.6. The average molecular weight is 658 g/mol. The van der Waals surface area contributed by atoms with Crippen LogP contribution in [-0.4, -0.2) is 35.5 Å². The summed E-state index contributed by atoms with van der Waals surface area (Å²) in [6, 6.07) is 26.5. The molecule has 0 aliphatic heterocycles. The van der Waals surface area contributed by atoms with E-state index in [-0.39, 0.29) is 23.9 Å². The molecule has 0 saturated heterocycles. The normalized spacial score (nSPS) is 11.3. The number of methoxy groups -OCH3 is 1. The number of amides is 1. The van der Waals surface area contributed by atoms with E-state index in [1.54, 1.807) is 54.6 Å². The molecule has 1 N–H and O–H groups in total. The summed E-state index contributed by atoms with van der Waals surface area (Å²) in [4.78, 5) is 30.7. The minimum atomic E-state index is -0.355. The summed E-state index contributed by atoms with van der Waals surface area (Å²) in [5, 5.41) is 9.13. The van der Waals surface area contributed by atoms with Crippen molar-refractivity contribution in [1.82, 2.24) is 9.66 Å². The van der Waals surface area contributed by atoms with Gasteiger partial charge in [0.05, 0.1) is 24.2 Å². The van der Waals surface area contributed by atoms with Gasteiger partial charge in [0.1, 0.15) is 5.58 Å². The molecular formula is C32H22BrClN4O5. The minimum absolute atomic E-state index is 0.252. The van der Waals surface area contributed by atoms with Gasteiger partial charge in [-0.3, -0.25) is 9.59 Å². The molecule has 2 aromatic heterocycles. The molecule has 43 heavy (non-hydrogen) atoms. The van der Waals surface area contributed by atoms with Crippen LogP contribution in [0.2, 0.25) is 5.02 Å². The molecule has 0 atom stereocenters. The molecule has 1 amide bonds. The van der Waals surface area contributed by atoms with E-state index in [9.17, 15) is 9.59 Å². The van der Waals surface area contributed by atoms with Gasteiger partial charge in [0, 0.05) is 26.1 Å². The summed E-state index contributed by atoms with van der Waals surface area (Å²) in [6.07, 6.45) is 1.51. The number of hydrogen-bond donors (Lipinski definition) is 1. The zero-order valence-electron chi connectivity index (χ0n) is 22.6. The second-order valence-electron chi connectivity index (χ2n) is 9.33. The highest BCUT2D eigenvalue weighted by Crippen LogP contribution is 2.33. The first-order valence-corrected chi connectivity index (χ1v) is 14.2. The smallest absolute Gasteiger partial charge is 0.282 e. The van der Waals surface area contributed by atoms with Gasteiger partial charge in [-0.25, -0.2) is 4.98 Å². The van der Waals surface area contributed by atoms with Gasteiger partial charge in [0.15, 0.2) is 23.9 Å². The zero-order chi connectivity index (χ0) is 29.9. The van der Waals surface area contributed by atoms with Gasteiger partial charge < -0.3 is 19.2 Å². The van der Waals surface area contributed by atoms with Crippen LogP contribution in [-0.2, 0) is 4.79 Å². The first-order valence-electron chi connectivity index (χ1n) is 13.0. The predicted octanol–water partition coefficient (Wildman–Crippen LogP) is 7.13. The number of halogens is 2. The Bertz CT molecular complexity index is 2040. The summed E-state index contributed by atoms with van der Waals surface area (Å²) < 4.78 is 19.1. The van der Waals surface area contributed by atoms with Gasteiger partial charge in [-0.2, -0.15) is 9.78 Å². The minimum Gasteiger partial charge on any atom is -0.493 e. The molecule has 9 nitrogen and oxygen atoms in total. The lowest BCUT2D eigenvalue weighted by atomic mass is 10.2. The van der Waals surface area contributed by atoms with E-state index < -0.39 is 0 Å². The van der Waals surface area contributed by atoms with Crippen LogP contribution >= 0.6 is 27.5 Å². The number of rotatable bonds is 8. The van der Waals surface area contributed by atoms with Crippen molar-refractivity contribution in [3.63, 3.8) is 0 Å². The maximum absolute atomic E-state index is 13.6. The Balaban J connectivity index is 1.31. The average Bonchev–Trinajstić information content (AvgIpc) is 3.45. The highest BCUT2D eigenvalue weighted by atomic mass is 79.9. The van der Waals surface area contributed by atoms with Gasteiger partial charge >= 0.3 is 0 Å². The lowest BCUT2D eigenvalue weighted by Gasteiger charge is -2.13. The van der Waals surface area contributed by atoms with Crippen molar-refractivity contribution in [3.8, 4) is 23.1 Å². The molecule has 0 bridgehead atoms. The summed E-state index contributed by atoms with van der Waals surface area (Å²) in [6.45, 7) is -0.252. The fraction of sp³-hybridized carbons (Fsp3) is 0.0625. The third kappa shape index (κ3) is 6.01. The molecule has 214 valence electrons. The lowest BCUT2D eigenvalue weighted by molar-refractivity contribution is -0.118. The summed E-state index contributed by atoms with van der Waals surface area (Å²) >= 11 is 9.44. The summed E-state index contributed by atoms with van der Waals surface area (Å²) in [5.41, 5.74) is 2.02. The molecule has 4 aromatic carbocycles. The molecule has 0 radical (unpaired) electrons. The lowest BCUT2D eigenvalue weighted by Crippen LogP contribution is -2.20. The fourth-order valence-electron chi connectivity index (χ4n) is 4.40. The number of para-hydroxylation sites is 2. The number of carbonyl (C=O) groups is 1. The molecular weight excluding hydrogens is 636 g/mol. The van der Waals surface area contributed by atoms with E-state index >= 15 is 0 Å². The maximum Gasteiger partial charge on any atom is 0.282 e. The number of nitrogens with zero attached hydrogens (tertiary/aromatic N) is 3. The Labute approximate surface area is 258 Å². The van der Waals surface area contributed by atoms with Crippen LogP contribution in [0.4, 0.5) is 5.69 Å². The Hall–Kier alpha value is -4.93. The van der Waals surface area contributed by atoms with E-state index in [0.29, 0.717) is 54.5 Å². The quantitative estimate of drug-likeness (QED) is 0.175. The second kappa shape index (κ2) is 12.1. The molecule has 0 fully saturated rings. The number of furan rings is 1. The first-order chi connectivity index (χ1) is 20.9. The van der Waals surface area contributed by atoms with Crippen molar-refractivity contribution >= 4 is 67.2 Å². The van der Waals surface area contributed by atoms with Crippen molar-refractivity contribution in [2.24, 2.45) is 5.10 Å². The zero-order valence-corrected chi connectivity index (χ0v) is 24.9. The Morgan fingerprint density at radius 3 is 2.60 bits per heavy atom. The topological polar surface area (TPSA) is 108 Å². The molecule has 6 rings (SSSR count). The SMILES string of the molecule is COc1cc(C=Nn2c(-c3cc4ccccc4o3)nc3ccccc3c2=O)c(Br)cc1OCC(=O)Nc1ccc(Cl)cc1. The van der Waals surface area contributed by atoms with Crippen molar-refractivity contribution in [2.75, 3.05) is 19.0 Å². The number of aromatic nitrogens is 2. The molecule has 6 aromatic rings. The highest BCUT2D eigenvalue weighted by Gasteiger charge is 2.17. The monoisotopic (exact) mass is 656 g/mol. The van der Waals surface area contributed by atoms with Crippen LogP contribution in [0.1, 0.15) is 5.56 Å². The number of fused-ring (bicyclic) bond motifs is 2. The third-order valence-corrected chi connectivity index (χ3v) is 7.42. The van der Waals surface area contributed by atoms with Crippen LogP contribution in [0.15, 0.2) is 110 Å². The van der Waals surface area contributed by atoms with Crippen molar-refractivity contribution < 1.29 is 18.7 Å². The van der Waals surface area contributed by atoms with Gasteiger partial charge in [0.2, 0.25) is 5.82 Å². The maximum atomic E-state index is 13.6. The summed E-state index contributed by atoms with van der Waals surface area (Å²) in [5.74, 6) is 1.01. The van der Waals surface area contributed by atoms with E-state index in [4.69, 9.17) is 30.5 Å². The number of benzene rings is 4. The molecule has 11 heteroatoms. The Morgan fingerprint density at radius 1 is 1.05 bits per heavy atom. The van der Waals surface area contributed by atoms with Crippen LogP contribution in [0.5, 0.6) is 11.5 Å². The number of ether oxygens (including phenoxy) is 2. The van der Waals surface area contributed by atoms with E-state index in [2.05, 4.69) is 26.3 Å². The largest absolute Gasteiger partial charge is 0.493 e. The molecule has 0 unspecified atom stereocenters. The Kier molecular flexibility index (Phi) is 7.95. The number of anilines is 1. The third-order valence-electron chi connectivity index (χ3n) is 6.48. The van der Waals surface area contributed by atoms with Gasteiger partial charge in [-0.15, -0.1) is 0 Å². The van der Waals surface area contributed by atoms with Crippen LogP contribution in [0, 0.1) is 0 Å². The van der Waals surface area contributed by atoms with Crippen LogP contribution < -0.4 is 20.3 Å². The Morgan fingerprint density at radius 2 is 1.81 bits per heavy atom. The highest BCUT2D eigenvalue weighted by molar-refractivity contribution is 9.10. The van der Waals surface area contributed by atoms with Gasteiger partial charge in [0.25, 0.3) is 11.5 Å².